The van der Waals surface area contributed by atoms with E-state index < -0.39 is 28.0 Å². The predicted molar refractivity (Wildman–Crippen MR) is 77.1 cm³/mol. The maximum Gasteiger partial charge on any atom is 0.242 e. The Labute approximate surface area is 125 Å². The van der Waals surface area contributed by atoms with Crippen LogP contribution in [0.5, 0.6) is 0 Å². The van der Waals surface area contributed by atoms with Crippen LogP contribution >= 0.6 is 15.9 Å². The molecule has 0 aromatic heterocycles. The lowest BCUT2D eigenvalue weighted by Crippen LogP contribution is -2.45. The number of halogens is 2. The minimum Gasteiger partial charge on any atom is -0.396 e. The molecular formula is C12H16BrFN2O3S. The molecule has 20 heavy (non-hydrogen) atoms. The van der Waals surface area contributed by atoms with Gasteiger partial charge in [0, 0.05) is 10.5 Å². The zero-order chi connectivity index (χ0) is 14.9. The van der Waals surface area contributed by atoms with Crippen molar-refractivity contribution >= 4 is 31.6 Å². The van der Waals surface area contributed by atoms with E-state index in [0.717, 1.165) is 25.0 Å². The molecule has 0 unspecified atom stereocenters. The molecule has 5 nitrogen and oxygen atoms in total. The molecule has 0 amide bonds. The Morgan fingerprint density at radius 3 is 2.65 bits per heavy atom. The lowest BCUT2D eigenvalue weighted by atomic mass is 9.93. The molecule has 8 heteroatoms. The number of benzene rings is 1. The zero-order valence-electron chi connectivity index (χ0n) is 10.6. The van der Waals surface area contributed by atoms with Crippen LogP contribution in [0.25, 0.3) is 0 Å². The lowest BCUT2D eigenvalue weighted by Gasteiger charge is -2.28. The third kappa shape index (κ3) is 3.30. The van der Waals surface area contributed by atoms with Crippen LogP contribution in [0.2, 0.25) is 0 Å². The number of rotatable bonds is 3. The normalized spacial score (nSPS) is 23.8. The number of nitrogens with two attached hydrogens (primary N) is 1. The van der Waals surface area contributed by atoms with Crippen LogP contribution in [-0.4, -0.2) is 25.7 Å². The van der Waals surface area contributed by atoms with Gasteiger partial charge in [-0.25, -0.2) is 17.5 Å². The van der Waals surface area contributed by atoms with Crippen molar-refractivity contribution in [2.75, 3.05) is 5.73 Å². The van der Waals surface area contributed by atoms with Crippen LogP contribution < -0.4 is 10.5 Å². The topological polar surface area (TPSA) is 92.4 Å². The number of hydrogen-bond donors (Lipinski definition) is 3. The van der Waals surface area contributed by atoms with Crippen molar-refractivity contribution in [3.8, 4) is 0 Å². The van der Waals surface area contributed by atoms with Gasteiger partial charge in [0.15, 0.2) is 0 Å². The van der Waals surface area contributed by atoms with Gasteiger partial charge in [-0.15, -0.1) is 0 Å². The van der Waals surface area contributed by atoms with E-state index in [0.29, 0.717) is 12.8 Å². The molecule has 2 rings (SSSR count). The molecule has 0 radical (unpaired) electrons. The Hall–Kier alpha value is -0.700. The second kappa shape index (κ2) is 5.97. The summed E-state index contributed by atoms with van der Waals surface area (Å²) in [7, 11) is -3.87. The van der Waals surface area contributed by atoms with E-state index in [2.05, 4.69) is 20.7 Å². The molecule has 0 saturated heterocycles. The average Bonchev–Trinajstić information content (AvgIpc) is 2.36. The summed E-state index contributed by atoms with van der Waals surface area (Å²) in [4.78, 5) is -0.130. The number of hydrogen-bond acceptors (Lipinski definition) is 4. The van der Waals surface area contributed by atoms with Crippen LogP contribution in [0.4, 0.5) is 10.1 Å². The second-order valence-electron chi connectivity index (χ2n) is 4.88. The summed E-state index contributed by atoms with van der Waals surface area (Å²) in [5.41, 5.74) is 5.17. The maximum absolute atomic E-state index is 13.3. The Morgan fingerprint density at radius 1 is 1.35 bits per heavy atom. The van der Waals surface area contributed by atoms with Crippen molar-refractivity contribution in [3.05, 3.63) is 22.4 Å². The van der Waals surface area contributed by atoms with E-state index in [1.807, 2.05) is 0 Å². The SMILES string of the molecule is Nc1cc(S(=O)(=O)N[C@@H]2CCCC[C@H]2O)c(Br)cc1F. The molecule has 1 aromatic rings. The number of anilines is 1. The molecular weight excluding hydrogens is 351 g/mol. The van der Waals surface area contributed by atoms with Crippen LogP contribution in [0, 0.1) is 5.82 Å². The first kappa shape index (κ1) is 15.7. The molecule has 0 bridgehead atoms. The Balaban J connectivity index is 2.28. The number of aliphatic hydroxyl groups excluding tert-OH is 1. The molecule has 1 fully saturated rings. The number of nitrogen functional groups attached to an aromatic ring is 1. The van der Waals surface area contributed by atoms with Gasteiger partial charge in [-0.2, -0.15) is 0 Å². The highest BCUT2D eigenvalue weighted by atomic mass is 79.9. The summed E-state index contributed by atoms with van der Waals surface area (Å²) in [6.07, 6.45) is 2.19. The summed E-state index contributed by atoms with van der Waals surface area (Å²) >= 11 is 3.02. The second-order valence-corrected chi connectivity index (χ2v) is 7.42. The molecule has 1 aromatic carbocycles. The van der Waals surface area contributed by atoms with Gasteiger partial charge in [0.2, 0.25) is 10.0 Å². The number of nitrogens with one attached hydrogen (secondary N) is 1. The fourth-order valence-corrected chi connectivity index (χ4v) is 4.62. The maximum atomic E-state index is 13.3. The minimum atomic E-state index is -3.87. The van der Waals surface area contributed by atoms with Gasteiger partial charge < -0.3 is 10.8 Å². The molecule has 0 spiro atoms. The smallest absolute Gasteiger partial charge is 0.242 e. The number of sulfonamides is 1. The fourth-order valence-electron chi connectivity index (χ4n) is 2.26. The van der Waals surface area contributed by atoms with E-state index in [1.54, 1.807) is 0 Å². The first-order chi connectivity index (χ1) is 9.31. The third-order valence-corrected chi connectivity index (χ3v) is 5.83. The van der Waals surface area contributed by atoms with Gasteiger partial charge in [0.05, 0.1) is 16.7 Å². The summed E-state index contributed by atoms with van der Waals surface area (Å²) in [5.74, 6) is -0.687. The monoisotopic (exact) mass is 366 g/mol. The molecule has 1 saturated carbocycles. The van der Waals surface area contributed by atoms with Gasteiger partial charge in [0.1, 0.15) is 5.82 Å². The minimum absolute atomic E-state index is 0.0991. The molecule has 1 aliphatic rings. The molecule has 0 aliphatic heterocycles. The molecule has 2 atom stereocenters. The van der Waals surface area contributed by atoms with E-state index in [9.17, 15) is 17.9 Å². The summed E-state index contributed by atoms with van der Waals surface area (Å²) in [6.45, 7) is 0. The Morgan fingerprint density at radius 2 is 2.00 bits per heavy atom. The van der Waals surface area contributed by atoms with Gasteiger partial charge >= 0.3 is 0 Å². The van der Waals surface area contributed by atoms with Crippen LogP contribution in [0.3, 0.4) is 0 Å². The summed E-state index contributed by atoms with van der Waals surface area (Å²) in [6, 6.07) is 1.56. The molecule has 112 valence electrons. The predicted octanol–water partition coefficient (Wildman–Crippen LogP) is 1.75. The van der Waals surface area contributed by atoms with Crippen LogP contribution in [-0.2, 0) is 10.0 Å². The van der Waals surface area contributed by atoms with E-state index in [1.165, 1.54) is 0 Å². The van der Waals surface area contributed by atoms with E-state index >= 15 is 0 Å². The first-order valence-corrected chi connectivity index (χ1v) is 8.54. The highest BCUT2D eigenvalue weighted by molar-refractivity contribution is 9.10. The fraction of sp³-hybridized carbons (Fsp3) is 0.500. The molecule has 4 N–H and O–H groups in total. The Kier molecular flexibility index (Phi) is 4.68. The van der Waals surface area contributed by atoms with Crippen LogP contribution in [0.1, 0.15) is 25.7 Å². The van der Waals surface area contributed by atoms with Crippen molar-refractivity contribution in [1.29, 1.82) is 0 Å². The largest absolute Gasteiger partial charge is 0.396 e. The van der Waals surface area contributed by atoms with Crippen molar-refractivity contribution in [3.63, 3.8) is 0 Å². The summed E-state index contributed by atoms with van der Waals surface area (Å²) < 4.78 is 40.4. The Bertz CT molecular complexity index is 609. The van der Waals surface area contributed by atoms with Gasteiger partial charge in [0.25, 0.3) is 0 Å². The summed E-state index contributed by atoms with van der Waals surface area (Å²) in [5, 5.41) is 9.82. The molecule has 1 aliphatic carbocycles. The quantitative estimate of drug-likeness (QED) is 0.710. The van der Waals surface area contributed by atoms with Crippen LogP contribution in [0.15, 0.2) is 21.5 Å². The van der Waals surface area contributed by atoms with Crippen molar-refractivity contribution < 1.29 is 17.9 Å². The third-order valence-electron chi connectivity index (χ3n) is 3.38. The molecule has 0 heterocycles. The average molecular weight is 367 g/mol. The highest BCUT2D eigenvalue weighted by Crippen LogP contribution is 2.28. The van der Waals surface area contributed by atoms with Gasteiger partial charge in [-0.05, 0) is 40.9 Å². The highest BCUT2D eigenvalue weighted by Gasteiger charge is 2.29. The van der Waals surface area contributed by atoms with Gasteiger partial charge in [-0.3, -0.25) is 0 Å². The van der Waals surface area contributed by atoms with Crippen molar-refractivity contribution in [2.45, 2.75) is 42.7 Å². The zero-order valence-corrected chi connectivity index (χ0v) is 13.0. The van der Waals surface area contributed by atoms with Crippen molar-refractivity contribution in [1.82, 2.24) is 4.72 Å². The van der Waals surface area contributed by atoms with E-state index in [4.69, 9.17) is 5.73 Å². The van der Waals surface area contributed by atoms with E-state index in [-0.39, 0.29) is 15.1 Å². The lowest BCUT2D eigenvalue weighted by molar-refractivity contribution is 0.101. The first-order valence-electron chi connectivity index (χ1n) is 6.26. The van der Waals surface area contributed by atoms with Crippen molar-refractivity contribution in [2.24, 2.45) is 0 Å². The number of aliphatic hydroxyl groups is 1. The standard InChI is InChI=1S/C12H16BrFN2O3S/c13-7-5-8(14)9(15)6-12(7)20(18,19)16-10-3-1-2-4-11(10)17/h5-6,10-11,16-17H,1-4,15H2/t10-,11-/m1/s1. The van der Waals surface area contributed by atoms with Gasteiger partial charge in [-0.1, -0.05) is 12.8 Å².